The van der Waals surface area contributed by atoms with Crippen LogP contribution in [0.2, 0.25) is 0 Å². The highest BCUT2D eigenvalue weighted by atomic mass is 19.4. The van der Waals surface area contributed by atoms with Crippen LogP contribution >= 0.6 is 0 Å². The van der Waals surface area contributed by atoms with E-state index < -0.39 is 30.5 Å². The van der Waals surface area contributed by atoms with Gasteiger partial charge >= 0.3 is 6.18 Å². The number of nitrogens with two attached hydrogens (primary N) is 1. The number of alkyl halides is 3. The Kier molecular flexibility index (Phi) is 3.34. The maximum Gasteiger partial charge on any atom is 0.451 e. The molecule has 0 aromatic carbocycles. The van der Waals surface area contributed by atoms with Crippen LogP contribution in [-0.2, 0) is 12.8 Å². The molecule has 8 heteroatoms. The Balaban J connectivity index is 3.38. The van der Waals surface area contributed by atoms with Crippen LogP contribution in [0.25, 0.3) is 0 Å². The minimum Gasteiger partial charge on any atom is -0.390 e. The summed E-state index contributed by atoms with van der Waals surface area (Å²) in [6, 6.07) is 0. The summed E-state index contributed by atoms with van der Waals surface area (Å²) in [7, 11) is 0. The van der Waals surface area contributed by atoms with E-state index in [9.17, 15) is 18.3 Å². The zero-order valence-electron chi connectivity index (χ0n) is 8.28. The molecule has 0 aliphatic rings. The topological polar surface area (TPSA) is 92.3 Å². The fourth-order valence-electron chi connectivity index (χ4n) is 1.24. The summed E-state index contributed by atoms with van der Waals surface area (Å²) in [5, 5.41) is 18.1. The second-order valence-corrected chi connectivity index (χ2v) is 3.12. The number of anilines is 1. The Labute approximate surface area is 88.8 Å². The van der Waals surface area contributed by atoms with Crippen molar-refractivity contribution in [2.24, 2.45) is 0 Å². The summed E-state index contributed by atoms with van der Waals surface area (Å²) < 4.78 is 36.9. The first kappa shape index (κ1) is 12.7. The van der Waals surface area contributed by atoms with Crippen LogP contribution in [0.3, 0.4) is 0 Å². The molecule has 1 unspecified atom stereocenters. The van der Waals surface area contributed by atoms with Gasteiger partial charge in [-0.05, 0) is 6.92 Å². The molecule has 1 atom stereocenters. The van der Waals surface area contributed by atoms with Crippen molar-refractivity contribution in [3.8, 4) is 0 Å². The van der Waals surface area contributed by atoms with Crippen LogP contribution in [0.15, 0.2) is 0 Å². The third-order valence-electron chi connectivity index (χ3n) is 1.88. The molecule has 0 amide bonds. The van der Waals surface area contributed by atoms with E-state index in [4.69, 9.17) is 10.8 Å². The zero-order chi connectivity index (χ0) is 12.5. The average molecular weight is 237 g/mol. The SMILES string of the molecule is CC(O)c1c(N)nc(C(F)(F)F)nc1CO. The Morgan fingerprint density at radius 3 is 2.31 bits per heavy atom. The van der Waals surface area contributed by atoms with E-state index in [1.54, 1.807) is 0 Å². The summed E-state index contributed by atoms with van der Waals surface area (Å²) in [6.45, 7) is 0.539. The van der Waals surface area contributed by atoms with Gasteiger partial charge in [0.1, 0.15) is 5.82 Å². The normalized spacial score (nSPS) is 13.9. The van der Waals surface area contributed by atoms with Gasteiger partial charge in [-0.3, -0.25) is 0 Å². The predicted molar refractivity (Wildman–Crippen MR) is 48.0 cm³/mol. The number of rotatable bonds is 2. The van der Waals surface area contributed by atoms with E-state index in [-0.39, 0.29) is 11.3 Å². The van der Waals surface area contributed by atoms with Gasteiger partial charge in [-0.1, -0.05) is 0 Å². The van der Waals surface area contributed by atoms with E-state index in [0.29, 0.717) is 0 Å². The molecule has 4 N–H and O–H groups in total. The van der Waals surface area contributed by atoms with Crippen LogP contribution in [0.5, 0.6) is 0 Å². The molecular formula is C8H10F3N3O2. The van der Waals surface area contributed by atoms with E-state index in [2.05, 4.69) is 9.97 Å². The van der Waals surface area contributed by atoms with Gasteiger partial charge in [-0.2, -0.15) is 13.2 Å². The average Bonchev–Trinajstić information content (AvgIpc) is 2.14. The van der Waals surface area contributed by atoms with Gasteiger partial charge in [0, 0.05) is 5.56 Å². The van der Waals surface area contributed by atoms with Crippen molar-refractivity contribution in [2.45, 2.75) is 25.8 Å². The lowest BCUT2D eigenvalue weighted by atomic mass is 10.1. The van der Waals surface area contributed by atoms with Gasteiger partial charge in [-0.15, -0.1) is 0 Å². The van der Waals surface area contributed by atoms with E-state index >= 15 is 0 Å². The second kappa shape index (κ2) is 4.22. The molecule has 1 rings (SSSR count). The lowest BCUT2D eigenvalue weighted by molar-refractivity contribution is -0.145. The van der Waals surface area contributed by atoms with Gasteiger partial charge in [0.25, 0.3) is 0 Å². The van der Waals surface area contributed by atoms with Gasteiger partial charge in [0.15, 0.2) is 0 Å². The minimum absolute atomic E-state index is 0.0875. The van der Waals surface area contributed by atoms with Crippen molar-refractivity contribution in [2.75, 3.05) is 5.73 Å². The summed E-state index contributed by atoms with van der Waals surface area (Å²) in [6.07, 6.45) is -5.89. The second-order valence-electron chi connectivity index (χ2n) is 3.12. The summed E-state index contributed by atoms with van der Waals surface area (Å²) >= 11 is 0. The van der Waals surface area contributed by atoms with Gasteiger partial charge in [0.2, 0.25) is 5.82 Å². The van der Waals surface area contributed by atoms with Crippen molar-refractivity contribution in [3.05, 3.63) is 17.1 Å². The highest BCUT2D eigenvalue weighted by Gasteiger charge is 2.36. The molecule has 0 aliphatic carbocycles. The first-order valence-corrected chi connectivity index (χ1v) is 4.29. The minimum atomic E-state index is -4.74. The third kappa shape index (κ3) is 2.39. The van der Waals surface area contributed by atoms with E-state index in [1.165, 1.54) is 6.92 Å². The van der Waals surface area contributed by atoms with Gasteiger partial charge < -0.3 is 15.9 Å². The van der Waals surface area contributed by atoms with Crippen molar-refractivity contribution < 1.29 is 23.4 Å². The zero-order valence-corrected chi connectivity index (χ0v) is 8.28. The van der Waals surface area contributed by atoms with E-state index in [0.717, 1.165) is 0 Å². The molecule has 5 nitrogen and oxygen atoms in total. The lowest BCUT2D eigenvalue weighted by Gasteiger charge is -2.14. The Morgan fingerprint density at radius 2 is 1.94 bits per heavy atom. The number of aliphatic hydroxyl groups is 2. The number of hydrogen-bond acceptors (Lipinski definition) is 5. The maximum absolute atomic E-state index is 12.3. The van der Waals surface area contributed by atoms with Crippen molar-refractivity contribution in [1.29, 1.82) is 0 Å². The number of aromatic nitrogens is 2. The third-order valence-corrected chi connectivity index (χ3v) is 1.88. The van der Waals surface area contributed by atoms with Crippen LogP contribution in [0.1, 0.15) is 30.1 Å². The molecule has 1 aromatic rings. The monoisotopic (exact) mass is 237 g/mol. The molecule has 90 valence electrons. The fourth-order valence-corrected chi connectivity index (χ4v) is 1.24. The van der Waals surface area contributed by atoms with Gasteiger partial charge in [-0.25, -0.2) is 9.97 Å². The standard InChI is InChI=1S/C8H10F3N3O2/c1-3(16)5-4(2-15)13-7(8(9,10)11)14-6(5)12/h3,15-16H,2H2,1H3,(H2,12,13,14). The summed E-state index contributed by atoms with van der Waals surface area (Å²) in [5.74, 6) is -1.92. The molecule has 0 saturated heterocycles. The highest BCUT2D eigenvalue weighted by Crippen LogP contribution is 2.30. The Hall–Kier alpha value is -1.41. The van der Waals surface area contributed by atoms with Crippen molar-refractivity contribution in [1.82, 2.24) is 9.97 Å². The van der Waals surface area contributed by atoms with Crippen LogP contribution < -0.4 is 5.73 Å². The van der Waals surface area contributed by atoms with Crippen LogP contribution in [0, 0.1) is 0 Å². The Bertz CT molecular complexity index is 393. The molecular weight excluding hydrogens is 227 g/mol. The first-order valence-electron chi connectivity index (χ1n) is 4.29. The summed E-state index contributed by atoms with van der Waals surface area (Å²) in [4.78, 5) is 6.16. The number of aliphatic hydroxyl groups excluding tert-OH is 2. The summed E-state index contributed by atoms with van der Waals surface area (Å²) in [5.41, 5.74) is 4.86. The fraction of sp³-hybridized carbons (Fsp3) is 0.500. The first-order chi connectivity index (χ1) is 7.27. The molecule has 0 aliphatic heterocycles. The smallest absolute Gasteiger partial charge is 0.390 e. The van der Waals surface area contributed by atoms with Crippen LogP contribution in [0.4, 0.5) is 19.0 Å². The molecule has 0 spiro atoms. The molecule has 0 fully saturated rings. The molecule has 0 bridgehead atoms. The van der Waals surface area contributed by atoms with E-state index in [1.807, 2.05) is 0 Å². The van der Waals surface area contributed by atoms with Crippen molar-refractivity contribution >= 4 is 5.82 Å². The molecule has 16 heavy (non-hydrogen) atoms. The van der Waals surface area contributed by atoms with Crippen molar-refractivity contribution in [3.63, 3.8) is 0 Å². The largest absolute Gasteiger partial charge is 0.451 e. The predicted octanol–water partition coefficient (Wildman–Crippen LogP) is 0.623. The highest BCUT2D eigenvalue weighted by molar-refractivity contribution is 5.43. The molecule has 1 heterocycles. The molecule has 1 aromatic heterocycles. The van der Waals surface area contributed by atoms with Gasteiger partial charge in [0.05, 0.1) is 18.4 Å². The maximum atomic E-state index is 12.3. The van der Waals surface area contributed by atoms with Crippen LogP contribution in [-0.4, -0.2) is 20.2 Å². The Morgan fingerprint density at radius 1 is 1.38 bits per heavy atom. The number of nitrogen functional groups attached to an aromatic ring is 1. The quantitative estimate of drug-likeness (QED) is 0.701. The number of nitrogens with zero attached hydrogens (tertiary/aromatic N) is 2. The molecule has 0 saturated carbocycles. The number of hydrogen-bond donors (Lipinski definition) is 3. The number of halogens is 3. The lowest BCUT2D eigenvalue weighted by Crippen LogP contribution is -2.17. The molecule has 0 radical (unpaired) electrons.